The van der Waals surface area contributed by atoms with Crippen molar-refractivity contribution in [2.45, 2.75) is 18.1 Å². The van der Waals surface area contributed by atoms with Crippen LogP contribution in [0.5, 0.6) is 5.75 Å². The summed E-state index contributed by atoms with van der Waals surface area (Å²) in [6, 6.07) is 24.8. The molecule has 6 nitrogen and oxygen atoms in total. The van der Waals surface area contributed by atoms with Crippen LogP contribution in [0, 0.1) is 0 Å². The molecule has 4 rings (SSSR count). The summed E-state index contributed by atoms with van der Waals surface area (Å²) < 4.78 is 7.44. The fourth-order valence-corrected chi connectivity index (χ4v) is 4.32. The summed E-state index contributed by atoms with van der Waals surface area (Å²) in [5.41, 5.74) is 2.70. The van der Waals surface area contributed by atoms with Crippen molar-refractivity contribution in [2.24, 2.45) is 0 Å². The van der Waals surface area contributed by atoms with Crippen LogP contribution in [-0.2, 0) is 4.79 Å². The Bertz CT molecular complexity index is 1230. The van der Waals surface area contributed by atoms with Crippen LogP contribution in [0.2, 0.25) is 5.02 Å². The Kier molecular flexibility index (Phi) is 7.32. The van der Waals surface area contributed by atoms with Gasteiger partial charge in [-0.3, -0.25) is 9.36 Å². The van der Waals surface area contributed by atoms with Crippen molar-refractivity contribution in [1.29, 1.82) is 0 Å². The van der Waals surface area contributed by atoms with E-state index >= 15 is 0 Å². The van der Waals surface area contributed by atoms with Gasteiger partial charge in [0.05, 0.1) is 24.5 Å². The molecule has 1 heterocycles. The molecule has 1 N–H and O–H groups in total. The lowest BCUT2D eigenvalue weighted by Gasteiger charge is -2.15. The molecule has 1 amide bonds. The van der Waals surface area contributed by atoms with Crippen LogP contribution in [-0.4, -0.2) is 33.5 Å². The van der Waals surface area contributed by atoms with Gasteiger partial charge < -0.3 is 10.1 Å². The summed E-state index contributed by atoms with van der Waals surface area (Å²) in [7, 11) is 1.62. The van der Waals surface area contributed by atoms with Crippen molar-refractivity contribution in [3.05, 3.63) is 89.4 Å². The van der Waals surface area contributed by atoms with Gasteiger partial charge in [-0.05, 0) is 48.9 Å². The molecule has 1 unspecified atom stereocenters. The average molecular weight is 479 g/mol. The molecule has 0 spiro atoms. The molecule has 0 bridgehead atoms. The number of methoxy groups -OCH3 is 1. The molecule has 0 fully saturated rings. The van der Waals surface area contributed by atoms with E-state index in [1.807, 2.05) is 90.4 Å². The number of benzene rings is 3. The third kappa shape index (κ3) is 5.38. The number of para-hydroxylation sites is 1. The van der Waals surface area contributed by atoms with Crippen LogP contribution in [0.3, 0.4) is 0 Å². The number of thioether (sulfide) groups is 1. The third-order valence-electron chi connectivity index (χ3n) is 5.08. The predicted octanol–water partition coefficient (Wildman–Crippen LogP) is 5.57. The van der Waals surface area contributed by atoms with Gasteiger partial charge in [0.2, 0.25) is 5.91 Å². The molecule has 3 aromatic carbocycles. The molecule has 4 aromatic rings. The highest BCUT2D eigenvalue weighted by atomic mass is 35.5. The topological polar surface area (TPSA) is 69.0 Å². The first-order valence-electron chi connectivity index (χ1n) is 10.4. The van der Waals surface area contributed by atoms with E-state index in [0.717, 1.165) is 16.8 Å². The maximum atomic E-state index is 12.6. The lowest BCUT2D eigenvalue weighted by Crippen LogP contribution is -2.28. The second-order valence-corrected chi connectivity index (χ2v) is 8.69. The molecule has 0 aliphatic rings. The Morgan fingerprint density at radius 3 is 2.45 bits per heavy atom. The van der Waals surface area contributed by atoms with Gasteiger partial charge >= 0.3 is 0 Å². The zero-order valence-electron chi connectivity index (χ0n) is 18.2. The number of rotatable bonds is 8. The monoisotopic (exact) mass is 478 g/mol. The largest absolute Gasteiger partial charge is 0.496 e. The first-order chi connectivity index (χ1) is 16.1. The number of hydrogen-bond acceptors (Lipinski definition) is 5. The van der Waals surface area contributed by atoms with Gasteiger partial charge in [-0.1, -0.05) is 65.8 Å². The number of amides is 1. The number of carbonyl (C=O) groups is 1. The quantitative estimate of drug-likeness (QED) is 0.335. The maximum Gasteiger partial charge on any atom is 0.230 e. The molecule has 0 saturated carbocycles. The fourth-order valence-electron chi connectivity index (χ4n) is 3.43. The zero-order chi connectivity index (χ0) is 23.2. The van der Waals surface area contributed by atoms with E-state index in [1.165, 1.54) is 11.8 Å². The first-order valence-corrected chi connectivity index (χ1v) is 11.7. The van der Waals surface area contributed by atoms with E-state index in [2.05, 4.69) is 15.5 Å². The van der Waals surface area contributed by atoms with Crippen molar-refractivity contribution in [3.8, 4) is 22.8 Å². The molecule has 0 saturated heterocycles. The summed E-state index contributed by atoms with van der Waals surface area (Å²) in [4.78, 5) is 12.6. The van der Waals surface area contributed by atoms with Crippen LogP contribution in [0.15, 0.2) is 84.0 Å². The minimum atomic E-state index is -0.0856. The molecular formula is C25H23ClN4O2S. The van der Waals surface area contributed by atoms with Crippen molar-refractivity contribution in [3.63, 3.8) is 0 Å². The van der Waals surface area contributed by atoms with Gasteiger partial charge in [0.25, 0.3) is 0 Å². The summed E-state index contributed by atoms with van der Waals surface area (Å²) in [5, 5.41) is 13.1. The highest BCUT2D eigenvalue weighted by Crippen LogP contribution is 2.33. The second-order valence-electron chi connectivity index (χ2n) is 7.31. The number of aromatic nitrogens is 3. The van der Waals surface area contributed by atoms with Crippen LogP contribution in [0.4, 0.5) is 0 Å². The Morgan fingerprint density at radius 1 is 1.03 bits per heavy atom. The van der Waals surface area contributed by atoms with E-state index in [4.69, 9.17) is 16.3 Å². The summed E-state index contributed by atoms with van der Waals surface area (Å²) >= 11 is 7.42. The molecule has 168 valence electrons. The minimum Gasteiger partial charge on any atom is -0.496 e. The van der Waals surface area contributed by atoms with Gasteiger partial charge in [-0.25, -0.2) is 0 Å². The number of halogens is 1. The van der Waals surface area contributed by atoms with E-state index in [0.29, 0.717) is 21.8 Å². The number of nitrogens with zero attached hydrogens (tertiary/aromatic N) is 3. The molecular weight excluding hydrogens is 456 g/mol. The Morgan fingerprint density at radius 2 is 1.73 bits per heavy atom. The summed E-state index contributed by atoms with van der Waals surface area (Å²) in [5.74, 6) is 1.43. The molecule has 0 radical (unpaired) electrons. The highest BCUT2D eigenvalue weighted by Gasteiger charge is 2.20. The zero-order valence-corrected chi connectivity index (χ0v) is 19.8. The van der Waals surface area contributed by atoms with Crippen molar-refractivity contribution >= 4 is 29.3 Å². The molecule has 1 aromatic heterocycles. The van der Waals surface area contributed by atoms with Crippen LogP contribution in [0.1, 0.15) is 18.5 Å². The molecule has 0 aliphatic carbocycles. The van der Waals surface area contributed by atoms with Crippen LogP contribution >= 0.6 is 23.4 Å². The van der Waals surface area contributed by atoms with Crippen molar-refractivity contribution < 1.29 is 9.53 Å². The number of hydrogen-bond donors (Lipinski definition) is 1. The Hall–Kier alpha value is -3.29. The lowest BCUT2D eigenvalue weighted by molar-refractivity contribution is -0.119. The number of nitrogens with one attached hydrogen (secondary N) is 1. The smallest absolute Gasteiger partial charge is 0.230 e. The van der Waals surface area contributed by atoms with E-state index < -0.39 is 0 Å². The van der Waals surface area contributed by atoms with Crippen molar-refractivity contribution in [2.75, 3.05) is 12.9 Å². The van der Waals surface area contributed by atoms with Crippen LogP contribution in [0.25, 0.3) is 17.1 Å². The number of ether oxygens (including phenoxy) is 1. The maximum absolute atomic E-state index is 12.6. The summed E-state index contributed by atoms with van der Waals surface area (Å²) in [6.07, 6.45) is 0. The van der Waals surface area contributed by atoms with Crippen molar-refractivity contribution in [1.82, 2.24) is 20.1 Å². The normalized spacial score (nSPS) is 11.7. The Balaban J connectivity index is 1.60. The predicted molar refractivity (Wildman–Crippen MR) is 132 cm³/mol. The third-order valence-corrected chi connectivity index (χ3v) is 6.26. The molecule has 1 atom stereocenters. The summed E-state index contributed by atoms with van der Waals surface area (Å²) in [6.45, 7) is 1.97. The number of carbonyl (C=O) groups excluding carboxylic acids is 1. The van der Waals surface area contributed by atoms with E-state index in [1.54, 1.807) is 7.11 Å². The molecule has 33 heavy (non-hydrogen) atoms. The van der Waals surface area contributed by atoms with Crippen LogP contribution < -0.4 is 10.1 Å². The Labute approximate surface area is 202 Å². The van der Waals surface area contributed by atoms with Gasteiger partial charge in [-0.2, -0.15) is 0 Å². The average Bonchev–Trinajstić information content (AvgIpc) is 3.27. The standard InChI is InChI=1S/C25H23ClN4O2S/c1-17(18-8-4-3-5-9-18)27-23(31)16-33-25-29-28-24(21-10-6-7-11-22(21)32-2)30(25)20-14-12-19(26)13-15-20/h3-15,17H,16H2,1-2H3,(H,27,31). The SMILES string of the molecule is COc1ccccc1-c1nnc(SCC(=O)NC(C)c2ccccc2)n1-c1ccc(Cl)cc1. The van der Waals surface area contributed by atoms with Gasteiger partial charge in [0, 0.05) is 10.7 Å². The van der Waals surface area contributed by atoms with Gasteiger partial charge in [-0.15, -0.1) is 10.2 Å². The fraction of sp³-hybridized carbons (Fsp3) is 0.160. The minimum absolute atomic E-state index is 0.0825. The molecule has 0 aliphatic heterocycles. The lowest BCUT2D eigenvalue weighted by atomic mass is 10.1. The van der Waals surface area contributed by atoms with Gasteiger partial charge in [0.15, 0.2) is 11.0 Å². The second kappa shape index (κ2) is 10.6. The highest BCUT2D eigenvalue weighted by molar-refractivity contribution is 7.99. The molecule has 8 heteroatoms. The van der Waals surface area contributed by atoms with E-state index in [9.17, 15) is 4.79 Å². The van der Waals surface area contributed by atoms with E-state index in [-0.39, 0.29) is 17.7 Å². The first kappa shape index (κ1) is 22.9. The van der Waals surface area contributed by atoms with Gasteiger partial charge in [0.1, 0.15) is 5.75 Å².